The number of carboxylic acids is 1. The van der Waals surface area contributed by atoms with Crippen molar-refractivity contribution in [2.75, 3.05) is 20.1 Å². The van der Waals surface area contributed by atoms with Crippen molar-refractivity contribution < 1.29 is 27.8 Å². The van der Waals surface area contributed by atoms with Gasteiger partial charge in [0.05, 0.1) is 6.10 Å². The van der Waals surface area contributed by atoms with Gasteiger partial charge in [-0.25, -0.2) is 12.8 Å². The number of thiophene rings is 1. The number of carboxylic acid groups (broad SMARTS) is 1. The Balaban J connectivity index is 1.38. The Morgan fingerprint density at radius 2 is 1.83 bits per heavy atom. The Morgan fingerprint density at radius 3 is 2.46 bits per heavy atom. The van der Waals surface area contributed by atoms with Gasteiger partial charge in [0.15, 0.2) is 0 Å². The molecule has 7 nitrogen and oxygen atoms in total. The van der Waals surface area contributed by atoms with E-state index in [0.29, 0.717) is 22.6 Å². The zero-order valence-corrected chi connectivity index (χ0v) is 25.8. The van der Waals surface area contributed by atoms with Crippen LogP contribution in [-0.4, -0.2) is 60.7 Å². The van der Waals surface area contributed by atoms with Crippen LogP contribution >= 0.6 is 22.9 Å². The first-order valence-electron chi connectivity index (χ1n) is 13.5. The third-order valence-corrected chi connectivity index (χ3v) is 11.1. The largest absolute Gasteiger partial charge is 0.481 e. The monoisotopic (exact) mass is 622 g/mol. The van der Waals surface area contributed by atoms with Gasteiger partial charge in [-0.3, -0.25) is 4.79 Å². The number of nitrogens with zero attached hydrogens (tertiary/aromatic N) is 1. The molecule has 41 heavy (non-hydrogen) atoms. The molecular formula is C30H36ClFN2O5S2. The number of fused-ring (bicyclic) bond motifs is 1. The summed E-state index contributed by atoms with van der Waals surface area (Å²) in [5.41, 5.74) is 3.77. The first kappa shape index (κ1) is 31.6. The lowest BCUT2D eigenvalue weighted by molar-refractivity contribution is -0.136. The van der Waals surface area contributed by atoms with E-state index in [2.05, 4.69) is 43.4 Å². The zero-order chi connectivity index (χ0) is 29.9. The first-order chi connectivity index (χ1) is 19.2. The molecule has 1 aromatic heterocycles. The predicted octanol–water partition coefficient (Wildman–Crippen LogP) is 5.38. The highest BCUT2D eigenvalue weighted by molar-refractivity contribution is 7.91. The second-order valence-corrected chi connectivity index (χ2v) is 15.3. The smallest absolute Gasteiger partial charge is 0.303 e. The van der Waals surface area contributed by atoms with Crippen molar-refractivity contribution in [3.8, 4) is 11.1 Å². The highest BCUT2D eigenvalue weighted by Crippen LogP contribution is 2.40. The van der Waals surface area contributed by atoms with Crippen molar-refractivity contribution in [2.45, 2.75) is 61.8 Å². The fraction of sp³-hybridized carbons (Fsp3) is 0.433. The SMILES string of the molecule is CN(C[C@H](O)CNC(C)(C)CC1Cc2ccccc2C1)S(=O)(=O)c1cc(-c2cc(F)ccc2CCC(=O)O)c(Cl)s1. The molecule has 0 spiro atoms. The number of sulfonamides is 1. The number of β-amino-alcohol motifs (C(OH)–C–C–N with tert-alkyl or cyclic N) is 1. The normalized spacial score (nSPS) is 14.9. The molecule has 0 saturated carbocycles. The Kier molecular flexibility index (Phi) is 9.93. The van der Waals surface area contributed by atoms with Crippen LogP contribution in [0.15, 0.2) is 52.7 Å². The van der Waals surface area contributed by atoms with Crippen LogP contribution in [0.1, 0.15) is 43.4 Å². The van der Waals surface area contributed by atoms with E-state index in [1.54, 1.807) is 0 Å². The lowest BCUT2D eigenvalue weighted by Crippen LogP contribution is -2.47. The van der Waals surface area contributed by atoms with E-state index in [9.17, 15) is 22.7 Å². The Labute approximate surface area is 250 Å². The van der Waals surface area contributed by atoms with Crippen molar-refractivity contribution in [1.29, 1.82) is 0 Å². The zero-order valence-electron chi connectivity index (χ0n) is 23.4. The Bertz CT molecular complexity index is 1480. The number of hydrogen-bond acceptors (Lipinski definition) is 6. The van der Waals surface area contributed by atoms with Crippen LogP contribution in [0.2, 0.25) is 4.34 Å². The maximum absolute atomic E-state index is 14.1. The minimum Gasteiger partial charge on any atom is -0.481 e. The van der Waals surface area contributed by atoms with E-state index in [-0.39, 0.29) is 40.0 Å². The summed E-state index contributed by atoms with van der Waals surface area (Å²) in [6.07, 6.45) is 2.02. The van der Waals surface area contributed by atoms with Crippen LogP contribution in [0.4, 0.5) is 4.39 Å². The van der Waals surface area contributed by atoms with E-state index in [4.69, 9.17) is 16.7 Å². The van der Waals surface area contributed by atoms with Gasteiger partial charge in [-0.1, -0.05) is 41.9 Å². The van der Waals surface area contributed by atoms with E-state index in [1.807, 2.05) is 0 Å². The molecule has 0 bridgehead atoms. The van der Waals surface area contributed by atoms with Gasteiger partial charge >= 0.3 is 5.97 Å². The Morgan fingerprint density at radius 1 is 1.17 bits per heavy atom. The first-order valence-corrected chi connectivity index (χ1v) is 16.1. The number of nitrogens with one attached hydrogen (secondary N) is 1. The van der Waals surface area contributed by atoms with E-state index in [1.165, 1.54) is 42.4 Å². The molecule has 3 aromatic rings. The van der Waals surface area contributed by atoms with Crippen LogP contribution < -0.4 is 5.32 Å². The third kappa shape index (κ3) is 7.94. The number of aryl methyl sites for hydroxylation is 1. The summed E-state index contributed by atoms with van der Waals surface area (Å²) in [5.74, 6) is -1.03. The van der Waals surface area contributed by atoms with Crippen LogP contribution in [0.5, 0.6) is 0 Å². The minimum atomic E-state index is -4.00. The number of halogens is 2. The van der Waals surface area contributed by atoms with Gasteiger partial charge in [0.25, 0.3) is 10.0 Å². The van der Waals surface area contributed by atoms with Crippen molar-refractivity contribution in [3.63, 3.8) is 0 Å². The van der Waals surface area contributed by atoms with Gasteiger partial charge in [0.2, 0.25) is 0 Å². The van der Waals surface area contributed by atoms with Crippen molar-refractivity contribution in [1.82, 2.24) is 9.62 Å². The average Bonchev–Trinajstić information content (AvgIpc) is 3.49. The molecule has 4 rings (SSSR count). The summed E-state index contributed by atoms with van der Waals surface area (Å²) < 4.78 is 42.0. The maximum atomic E-state index is 14.1. The summed E-state index contributed by atoms with van der Waals surface area (Å²) >= 11 is 7.26. The molecule has 1 aliphatic carbocycles. The summed E-state index contributed by atoms with van der Waals surface area (Å²) in [6, 6.07) is 13.8. The summed E-state index contributed by atoms with van der Waals surface area (Å²) in [4.78, 5) is 11.1. The van der Waals surface area contributed by atoms with Crippen LogP contribution in [0.3, 0.4) is 0 Å². The standard InChI is InChI=1S/C30H36ClFN2O5S2/c1-30(2,16-19-12-21-6-4-5-7-22(21)13-19)33-17-24(35)18-34(3)41(38,39)28-15-26(29(31)40-28)25-14-23(32)10-8-20(25)9-11-27(36)37/h4-8,10,14-15,19,24,33,35H,9,11-13,16-18H2,1-3H3,(H,36,37)/t24-/m1/s1. The average molecular weight is 623 g/mol. The number of rotatable bonds is 13. The Hall–Kier alpha value is -2.34. The molecule has 1 heterocycles. The molecule has 2 aromatic carbocycles. The van der Waals surface area contributed by atoms with E-state index in [0.717, 1.165) is 34.9 Å². The summed E-state index contributed by atoms with van der Waals surface area (Å²) in [5, 5.41) is 23.2. The predicted molar refractivity (Wildman–Crippen MR) is 161 cm³/mol. The molecule has 11 heteroatoms. The fourth-order valence-electron chi connectivity index (χ4n) is 5.51. The lowest BCUT2D eigenvalue weighted by Gasteiger charge is -2.31. The molecular weight excluding hydrogens is 587 g/mol. The van der Waals surface area contributed by atoms with Crippen LogP contribution in [0.25, 0.3) is 11.1 Å². The van der Waals surface area contributed by atoms with E-state index < -0.39 is 27.9 Å². The fourth-order valence-corrected chi connectivity index (χ4v) is 8.68. The lowest BCUT2D eigenvalue weighted by atomic mass is 9.88. The third-order valence-electron chi connectivity index (χ3n) is 7.52. The van der Waals surface area contributed by atoms with Gasteiger partial charge in [0, 0.05) is 37.7 Å². The number of aliphatic hydroxyl groups is 1. The van der Waals surface area contributed by atoms with Gasteiger partial charge in [-0.05, 0) is 85.9 Å². The number of benzene rings is 2. The number of hydrogen-bond donors (Lipinski definition) is 3. The van der Waals surface area contributed by atoms with Crippen molar-refractivity contribution in [3.05, 3.63) is 75.4 Å². The molecule has 222 valence electrons. The van der Waals surface area contributed by atoms with Gasteiger partial charge in [0.1, 0.15) is 14.4 Å². The molecule has 0 radical (unpaired) electrons. The van der Waals surface area contributed by atoms with Crippen molar-refractivity contribution >= 4 is 38.9 Å². The van der Waals surface area contributed by atoms with Gasteiger partial charge in [-0.2, -0.15) is 4.31 Å². The number of carbonyl (C=O) groups is 1. The van der Waals surface area contributed by atoms with E-state index >= 15 is 0 Å². The maximum Gasteiger partial charge on any atom is 0.303 e. The summed E-state index contributed by atoms with van der Waals surface area (Å²) in [6.45, 7) is 4.28. The minimum absolute atomic E-state index is 0.0465. The van der Waals surface area contributed by atoms with Gasteiger partial charge < -0.3 is 15.5 Å². The molecule has 3 N–H and O–H groups in total. The van der Waals surface area contributed by atoms with Crippen LogP contribution in [0, 0.1) is 11.7 Å². The molecule has 1 aliphatic rings. The molecule has 0 saturated heterocycles. The number of aliphatic hydroxyl groups excluding tert-OH is 1. The second kappa shape index (κ2) is 12.9. The second-order valence-electron chi connectivity index (χ2n) is 11.4. The molecule has 1 atom stereocenters. The quantitative estimate of drug-likeness (QED) is 0.236. The van der Waals surface area contributed by atoms with Crippen molar-refractivity contribution in [2.24, 2.45) is 5.92 Å². The van der Waals surface area contributed by atoms with Gasteiger partial charge in [-0.15, -0.1) is 11.3 Å². The van der Waals surface area contributed by atoms with Crippen LogP contribution in [-0.2, 0) is 34.1 Å². The highest BCUT2D eigenvalue weighted by Gasteiger charge is 2.30. The highest BCUT2D eigenvalue weighted by atomic mass is 35.5. The summed E-state index contributed by atoms with van der Waals surface area (Å²) in [7, 11) is -2.61. The molecule has 0 unspecified atom stereocenters. The number of aliphatic carboxylic acids is 1. The topological polar surface area (TPSA) is 107 Å². The molecule has 0 fully saturated rings. The molecule has 0 amide bonds. The molecule has 0 aliphatic heterocycles. The number of likely N-dealkylation sites (N-methyl/N-ethyl adjacent to an activating group) is 1.